The molecule has 0 aliphatic carbocycles. The summed E-state index contributed by atoms with van der Waals surface area (Å²) >= 11 is 0. The number of rotatable bonds is 3. The number of aryl methyl sites for hydroxylation is 2. The van der Waals surface area contributed by atoms with Crippen LogP contribution in [0.25, 0.3) is 11.1 Å². The van der Waals surface area contributed by atoms with Crippen LogP contribution in [0.2, 0.25) is 0 Å². The van der Waals surface area contributed by atoms with Gasteiger partial charge in [-0.05, 0) is 47.7 Å². The minimum Gasteiger partial charge on any atom is -0.496 e. The quantitative estimate of drug-likeness (QED) is 0.761. The van der Waals surface area contributed by atoms with E-state index < -0.39 is 0 Å². The first-order chi connectivity index (χ1) is 8.24. The Hall–Kier alpha value is -1.76. The maximum atomic E-state index is 5.28. The Balaban J connectivity index is 2.42. The molecule has 0 saturated carbocycles. The number of benzene rings is 2. The second kappa shape index (κ2) is 5.05. The summed E-state index contributed by atoms with van der Waals surface area (Å²) < 4.78 is 5.28. The predicted octanol–water partition coefficient (Wildman–Crippen LogP) is 4.23. The average molecular weight is 226 g/mol. The Bertz CT molecular complexity index is 515. The largest absolute Gasteiger partial charge is 0.496 e. The first-order valence-corrected chi connectivity index (χ1v) is 5.98. The van der Waals surface area contributed by atoms with Crippen LogP contribution in [0.3, 0.4) is 0 Å². The van der Waals surface area contributed by atoms with E-state index in [1.54, 1.807) is 7.11 Å². The van der Waals surface area contributed by atoms with E-state index in [2.05, 4.69) is 50.2 Å². The molecule has 0 atom stereocenters. The van der Waals surface area contributed by atoms with Crippen molar-refractivity contribution in [3.8, 4) is 16.9 Å². The monoisotopic (exact) mass is 226 g/mol. The van der Waals surface area contributed by atoms with Crippen LogP contribution in [0.5, 0.6) is 5.75 Å². The summed E-state index contributed by atoms with van der Waals surface area (Å²) in [7, 11) is 1.71. The number of hydrogen-bond donors (Lipinski definition) is 0. The van der Waals surface area contributed by atoms with E-state index in [9.17, 15) is 0 Å². The van der Waals surface area contributed by atoms with Crippen LogP contribution in [0, 0.1) is 6.92 Å². The summed E-state index contributed by atoms with van der Waals surface area (Å²) in [6.07, 6.45) is 1.07. The van der Waals surface area contributed by atoms with Crippen LogP contribution in [0.15, 0.2) is 42.5 Å². The molecule has 0 aliphatic rings. The molecule has 0 aliphatic heterocycles. The van der Waals surface area contributed by atoms with Gasteiger partial charge in [0.25, 0.3) is 0 Å². The fourth-order valence-electron chi connectivity index (χ4n) is 2.03. The highest BCUT2D eigenvalue weighted by atomic mass is 16.5. The van der Waals surface area contributed by atoms with E-state index >= 15 is 0 Å². The van der Waals surface area contributed by atoms with Gasteiger partial charge < -0.3 is 4.74 Å². The fourth-order valence-corrected chi connectivity index (χ4v) is 2.03. The molecule has 1 heteroatoms. The lowest BCUT2D eigenvalue weighted by molar-refractivity contribution is 0.412. The Morgan fingerprint density at radius 1 is 1.00 bits per heavy atom. The van der Waals surface area contributed by atoms with Crippen molar-refractivity contribution in [1.82, 2.24) is 0 Å². The molecule has 0 amide bonds. The molecule has 88 valence electrons. The van der Waals surface area contributed by atoms with E-state index in [1.165, 1.54) is 22.3 Å². The average Bonchev–Trinajstić information content (AvgIpc) is 2.38. The van der Waals surface area contributed by atoms with Crippen LogP contribution in [0.1, 0.15) is 18.1 Å². The molecule has 0 saturated heterocycles. The standard InChI is InChI=1S/C16H18O/c1-4-13-6-5-7-14(11-13)15-8-9-16(17-3)12(2)10-15/h5-11H,4H2,1-3H3. The summed E-state index contributed by atoms with van der Waals surface area (Å²) in [6, 6.07) is 15.0. The summed E-state index contributed by atoms with van der Waals surface area (Å²) in [5, 5.41) is 0. The second-order valence-electron chi connectivity index (χ2n) is 4.24. The van der Waals surface area contributed by atoms with Gasteiger partial charge >= 0.3 is 0 Å². The molecule has 0 heterocycles. The highest BCUT2D eigenvalue weighted by molar-refractivity contribution is 5.66. The molecule has 0 fully saturated rings. The van der Waals surface area contributed by atoms with Crippen molar-refractivity contribution in [2.75, 3.05) is 7.11 Å². The zero-order valence-corrected chi connectivity index (χ0v) is 10.7. The topological polar surface area (TPSA) is 9.23 Å². The third-order valence-corrected chi connectivity index (χ3v) is 3.06. The third-order valence-electron chi connectivity index (χ3n) is 3.06. The molecule has 2 aromatic carbocycles. The molecule has 2 rings (SSSR count). The maximum Gasteiger partial charge on any atom is 0.121 e. The number of methoxy groups -OCH3 is 1. The Kier molecular flexibility index (Phi) is 3.48. The summed E-state index contributed by atoms with van der Waals surface area (Å²) in [5.41, 5.74) is 5.07. The van der Waals surface area contributed by atoms with Crippen LogP contribution < -0.4 is 4.74 Å². The summed E-state index contributed by atoms with van der Waals surface area (Å²) in [6.45, 7) is 4.25. The van der Waals surface area contributed by atoms with Crippen molar-refractivity contribution in [3.05, 3.63) is 53.6 Å². The molecule has 0 N–H and O–H groups in total. The lowest BCUT2D eigenvalue weighted by Gasteiger charge is -2.08. The summed E-state index contributed by atoms with van der Waals surface area (Å²) in [4.78, 5) is 0. The van der Waals surface area contributed by atoms with Gasteiger partial charge in [0.2, 0.25) is 0 Å². The first kappa shape index (κ1) is 11.7. The molecule has 1 nitrogen and oxygen atoms in total. The minimum atomic E-state index is 0.945. The Labute approximate surface area is 103 Å². The van der Waals surface area contributed by atoms with E-state index in [0.717, 1.165) is 12.2 Å². The van der Waals surface area contributed by atoms with Gasteiger partial charge in [-0.2, -0.15) is 0 Å². The molecule has 0 aromatic heterocycles. The smallest absolute Gasteiger partial charge is 0.121 e. The van der Waals surface area contributed by atoms with Crippen molar-refractivity contribution in [3.63, 3.8) is 0 Å². The zero-order valence-electron chi connectivity index (χ0n) is 10.7. The fraction of sp³-hybridized carbons (Fsp3) is 0.250. The van der Waals surface area contributed by atoms with Gasteiger partial charge in [0.05, 0.1) is 7.11 Å². The maximum absolute atomic E-state index is 5.28. The molecular weight excluding hydrogens is 208 g/mol. The van der Waals surface area contributed by atoms with Crippen LogP contribution in [-0.2, 0) is 6.42 Å². The second-order valence-corrected chi connectivity index (χ2v) is 4.24. The van der Waals surface area contributed by atoms with Gasteiger partial charge in [0.15, 0.2) is 0 Å². The molecule has 2 aromatic rings. The molecule has 17 heavy (non-hydrogen) atoms. The SMILES string of the molecule is CCc1cccc(-c2ccc(OC)c(C)c2)c1. The first-order valence-electron chi connectivity index (χ1n) is 5.98. The van der Waals surface area contributed by atoms with Crippen molar-refractivity contribution in [1.29, 1.82) is 0 Å². The van der Waals surface area contributed by atoms with Gasteiger partial charge in [-0.3, -0.25) is 0 Å². The zero-order chi connectivity index (χ0) is 12.3. The van der Waals surface area contributed by atoms with Crippen molar-refractivity contribution >= 4 is 0 Å². The van der Waals surface area contributed by atoms with E-state index in [0.29, 0.717) is 0 Å². The molecule has 0 bridgehead atoms. The highest BCUT2D eigenvalue weighted by Gasteiger charge is 2.02. The van der Waals surface area contributed by atoms with Gasteiger partial charge in [0, 0.05) is 0 Å². The summed E-state index contributed by atoms with van der Waals surface area (Å²) in [5.74, 6) is 0.945. The van der Waals surface area contributed by atoms with Gasteiger partial charge in [-0.1, -0.05) is 37.3 Å². The number of ether oxygens (including phenoxy) is 1. The number of hydrogen-bond acceptors (Lipinski definition) is 1. The normalized spacial score (nSPS) is 10.3. The predicted molar refractivity (Wildman–Crippen MR) is 72.5 cm³/mol. The molecular formula is C16H18O. The Morgan fingerprint density at radius 2 is 1.76 bits per heavy atom. The van der Waals surface area contributed by atoms with Crippen LogP contribution in [0.4, 0.5) is 0 Å². The van der Waals surface area contributed by atoms with E-state index in [1.807, 2.05) is 6.07 Å². The molecule has 0 radical (unpaired) electrons. The van der Waals surface area contributed by atoms with Crippen molar-refractivity contribution in [2.24, 2.45) is 0 Å². The van der Waals surface area contributed by atoms with E-state index in [-0.39, 0.29) is 0 Å². The molecule has 0 unspecified atom stereocenters. The highest BCUT2D eigenvalue weighted by Crippen LogP contribution is 2.26. The van der Waals surface area contributed by atoms with Gasteiger partial charge in [-0.25, -0.2) is 0 Å². The third kappa shape index (κ3) is 2.50. The minimum absolute atomic E-state index is 0.945. The van der Waals surface area contributed by atoms with Crippen molar-refractivity contribution in [2.45, 2.75) is 20.3 Å². The van der Waals surface area contributed by atoms with Crippen molar-refractivity contribution < 1.29 is 4.74 Å². The Morgan fingerprint density at radius 3 is 2.41 bits per heavy atom. The van der Waals surface area contributed by atoms with Gasteiger partial charge in [-0.15, -0.1) is 0 Å². The lowest BCUT2D eigenvalue weighted by atomic mass is 10.0. The van der Waals surface area contributed by atoms with Crippen LogP contribution in [-0.4, -0.2) is 7.11 Å². The van der Waals surface area contributed by atoms with Crippen LogP contribution >= 0.6 is 0 Å². The molecule has 0 spiro atoms. The lowest BCUT2D eigenvalue weighted by Crippen LogP contribution is -1.88. The van der Waals surface area contributed by atoms with E-state index in [4.69, 9.17) is 4.74 Å². The van der Waals surface area contributed by atoms with Gasteiger partial charge in [0.1, 0.15) is 5.75 Å².